The van der Waals surface area contributed by atoms with Crippen molar-refractivity contribution in [2.45, 2.75) is 94.8 Å². The Morgan fingerprint density at radius 3 is 2.23 bits per heavy atom. The number of hydrogen-bond donors (Lipinski definition) is 5. The lowest BCUT2D eigenvalue weighted by Gasteiger charge is -2.40. The summed E-state index contributed by atoms with van der Waals surface area (Å²) in [5, 5.41) is 38.0. The highest BCUT2D eigenvalue weighted by atomic mass is 32.2. The van der Waals surface area contributed by atoms with Crippen LogP contribution in [0.2, 0.25) is 0 Å². The first-order chi connectivity index (χ1) is 20.9. The molecule has 1 aromatic carbocycles. The third-order valence-corrected chi connectivity index (χ3v) is 9.64. The molecule has 243 valence electrons. The van der Waals surface area contributed by atoms with Gasteiger partial charge >= 0.3 is 11.9 Å². The van der Waals surface area contributed by atoms with Crippen LogP contribution in [0, 0.1) is 0 Å². The molecule has 44 heavy (non-hydrogen) atoms. The molecule has 1 unspecified atom stereocenters. The number of nitrogens with two attached hydrogens (primary N) is 1. The van der Waals surface area contributed by atoms with E-state index in [1.54, 1.807) is 0 Å². The third kappa shape index (κ3) is 7.89. The van der Waals surface area contributed by atoms with Gasteiger partial charge in [0.25, 0.3) is 0 Å². The molecule has 0 aromatic heterocycles. The maximum Gasteiger partial charge on any atom is 0.322 e. The highest BCUT2D eigenvalue weighted by molar-refractivity contribution is 7.98. The van der Waals surface area contributed by atoms with Crippen LogP contribution in [0.5, 0.6) is 0 Å². The summed E-state index contributed by atoms with van der Waals surface area (Å²) in [6.45, 7) is 7.31. The number of hydroxylamine groups is 2. The Hall–Kier alpha value is -3.20. The highest BCUT2D eigenvalue weighted by Crippen LogP contribution is 2.47. The second-order valence-electron chi connectivity index (χ2n) is 11.3. The summed E-state index contributed by atoms with van der Waals surface area (Å²) in [7, 11) is 0. The molecular weight excluding hydrogens is 588 g/mol. The van der Waals surface area contributed by atoms with E-state index in [2.05, 4.69) is 29.4 Å². The van der Waals surface area contributed by atoms with Crippen LogP contribution in [0.1, 0.15) is 76.8 Å². The summed E-state index contributed by atoms with van der Waals surface area (Å²) >= 11 is 1.37. The second kappa shape index (κ2) is 15.7. The van der Waals surface area contributed by atoms with E-state index in [9.17, 15) is 24.4 Å². The number of carbonyl (C=O) groups excluding carboxylic acids is 2. The highest BCUT2D eigenvalue weighted by Gasteiger charge is 2.58. The van der Waals surface area contributed by atoms with Gasteiger partial charge in [-0.3, -0.25) is 19.2 Å². The molecule has 0 spiro atoms. The number of nitrogens with one attached hydrogen (secondary N) is 2. The van der Waals surface area contributed by atoms with Crippen LogP contribution in [0.25, 0.3) is 0 Å². The number of carboxylic acids is 2. The van der Waals surface area contributed by atoms with Crippen molar-refractivity contribution in [3.63, 3.8) is 0 Å². The number of nitrogens with zero attached hydrogens (tertiary/aromatic N) is 3. The first-order valence-electron chi connectivity index (χ1n) is 15.2. The zero-order valence-electron chi connectivity index (χ0n) is 25.7. The van der Waals surface area contributed by atoms with Gasteiger partial charge in [0.2, 0.25) is 11.8 Å². The topological polar surface area (TPSA) is 198 Å². The van der Waals surface area contributed by atoms with E-state index in [1.807, 2.05) is 31.2 Å². The van der Waals surface area contributed by atoms with Gasteiger partial charge in [0, 0.05) is 31.0 Å². The molecule has 2 amide bonds. The molecule has 3 rings (SSSR count). The number of hydrogen-bond acceptors (Lipinski definition) is 9. The Balaban J connectivity index is 1.70. The maximum atomic E-state index is 14.1. The van der Waals surface area contributed by atoms with Crippen LogP contribution in [0.3, 0.4) is 0 Å². The van der Waals surface area contributed by atoms with Crippen LogP contribution in [-0.2, 0) is 35.8 Å². The standard InChI is InChI=1S/C30H45N6O7S/c1-4-29(5-2)28(35-15-7-8-16-35)34-30(6-3,36(29)43)21-11-9-20(10-12-21)18-44-19-23(26(40)32-17-25(38)39)33-24(37)14-13-22(31)27(41)42/h9-12,22-23H,4-8,13-19,31H2,1-3H3,(H,32,40)(H,33,37)(H,38,39)(H,41,42)/t22-,23-,30?/m0/s1. The van der Waals surface area contributed by atoms with E-state index in [1.165, 1.54) is 16.8 Å². The van der Waals surface area contributed by atoms with Crippen molar-refractivity contribution in [1.29, 1.82) is 0 Å². The van der Waals surface area contributed by atoms with Crippen LogP contribution in [0.4, 0.5) is 0 Å². The normalized spacial score (nSPS) is 21.0. The van der Waals surface area contributed by atoms with E-state index in [-0.39, 0.29) is 18.6 Å². The quantitative estimate of drug-likeness (QED) is 0.180. The summed E-state index contributed by atoms with van der Waals surface area (Å²) in [6.07, 6.45) is 3.75. The van der Waals surface area contributed by atoms with Crippen molar-refractivity contribution in [1.82, 2.24) is 20.6 Å². The molecule has 1 radical (unpaired) electrons. The van der Waals surface area contributed by atoms with Gasteiger partial charge in [-0.25, -0.2) is 4.99 Å². The van der Waals surface area contributed by atoms with Gasteiger partial charge in [0.15, 0.2) is 5.66 Å². The predicted molar refractivity (Wildman–Crippen MR) is 166 cm³/mol. The zero-order chi connectivity index (χ0) is 32.5. The van der Waals surface area contributed by atoms with Crippen molar-refractivity contribution >= 4 is 41.4 Å². The molecule has 0 bridgehead atoms. The fourth-order valence-electron chi connectivity index (χ4n) is 5.83. The Bertz CT molecular complexity index is 1200. The first-order valence-corrected chi connectivity index (χ1v) is 16.4. The minimum Gasteiger partial charge on any atom is -0.480 e. The number of carbonyl (C=O) groups is 4. The molecule has 1 fully saturated rings. The Labute approximate surface area is 262 Å². The number of aliphatic imine (C=N–C) groups is 1. The number of likely N-dealkylation sites (tertiary alicyclic amines) is 1. The van der Waals surface area contributed by atoms with Gasteiger partial charge in [-0.2, -0.15) is 11.8 Å². The number of aliphatic carboxylic acids is 2. The number of amidine groups is 1. The lowest BCUT2D eigenvalue weighted by Crippen LogP contribution is -2.56. The van der Waals surface area contributed by atoms with Gasteiger partial charge in [-0.15, -0.1) is 10.3 Å². The van der Waals surface area contributed by atoms with Crippen molar-refractivity contribution in [3.05, 3.63) is 35.4 Å². The van der Waals surface area contributed by atoms with Gasteiger partial charge in [-0.05, 0) is 49.7 Å². The van der Waals surface area contributed by atoms with Crippen molar-refractivity contribution in [3.8, 4) is 0 Å². The number of benzene rings is 1. The summed E-state index contributed by atoms with van der Waals surface area (Å²) in [6, 6.07) is 5.49. The van der Waals surface area contributed by atoms with E-state index < -0.39 is 53.6 Å². The fourth-order valence-corrected chi connectivity index (χ4v) is 6.85. The maximum absolute atomic E-state index is 14.1. The smallest absolute Gasteiger partial charge is 0.322 e. The lowest BCUT2D eigenvalue weighted by atomic mass is 9.88. The van der Waals surface area contributed by atoms with Gasteiger partial charge < -0.3 is 31.5 Å². The van der Waals surface area contributed by atoms with Crippen LogP contribution < -0.4 is 16.4 Å². The summed E-state index contributed by atoms with van der Waals surface area (Å²) in [4.78, 5) is 54.3. The molecule has 0 aliphatic carbocycles. The molecule has 0 saturated carbocycles. The predicted octanol–water partition coefficient (Wildman–Crippen LogP) is 2.07. The number of rotatable bonds is 16. The molecule has 6 N–H and O–H groups in total. The Morgan fingerprint density at radius 2 is 1.68 bits per heavy atom. The van der Waals surface area contributed by atoms with Crippen LogP contribution in [0.15, 0.2) is 29.3 Å². The summed E-state index contributed by atoms with van der Waals surface area (Å²) in [5.41, 5.74) is 5.53. The lowest BCUT2D eigenvalue weighted by molar-refractivity contribution is -0.265. The molecule has 2 heterocycles. The fraction of sp³-hybridized carbons (Fsp3) is 0.633. The molecule has 2 aliphatic rings. The number of carboxylic acid groups (broad SMARTS) is 2. The number of thioether (sulfide) groups is 1. The van der Waals surface area contributed by atoms with E-state index in [4.69, 9.17) is 20.9 Å². The molecule has 13 nitrogen and oxygen atoms in total. The van der Waals surface area contributed by atoms with Crippen molar-refractivity contribution < 1.29 is 34.6 Å². The van der Waals surface area contributed by atoms with Gasteiger partial charge in [0.1, 0.15) is 30.0 Å². The molecular formula is C30H45N6O7S. The summed E-state index contributed by atoms with van der Waals surface area (Å²) < 4.78 is 0. The third-order valence-electron chi connectivity index (χ3n) is 8.53. The van der Waals surface area contributed by atoms with Gasteiger partial charge in [-0.1, -0.05) is 45.0 Å². The average Bonchev–Trinajstić information content (AvgIpc) is 3.63. The van der Waals surface area contributed by atoms with E-state index in [0.29, 0.717) is 25.0 Å². The molecule has 1 aromatic rings. The first kappa shape index (κ1) is 35.3. The summed E-state index contributed by atoms with van der Waals surface area (Å²) in [5.74, 6) is -2.14. The molecule has 14 heteroatoms. The van der Waals surface area contributed by atoms with E-state index >= 15 is 0 Å². The minimum atomic E-state index is -1.23. The SMILES string of the molecule is CCC1(CC)C(N2CCCC2)=NC(CC)(c2ccc(CSC[C@H](NC(=O)CC[C@H](N)C(=O)O)C(=O)NCC(=O)O)cc2)N1[O]. The largest absolute Gasteiger partial charge is 0.480 e. The zero-order valence-corrected chi connectivity index (χ0v) is 26.5. The average molecular weight is 634 g/mol. The van der Waals surface area contributed by atoms with Crippen molar-refractivity contribution in [2.24, 2.45) is 10.7 Å². The van der Waals surface area contributed by atoms with Crippen molar-refractivity contribution in [2.75, 3.05) is 25.4 Å². The molecule has 1 saturated heterocycles. The molecule has 2 aliphatic heterocycles. The monoisotopic (exact) mass is 633 g/mol. The number of amides is 2. The second-order valence-corrected chi connectivity index (χ2v) is 12.3. The minimum absolute atomic E-state index is 0.106. The Morgan fingerprint density at radius 1 is 1.05 bits per heavy atom. The van der Waals surface area contributed by atoms with Crippen LogP contribution in [-0.4, -0.2) is 92.8 Å². The van der Waals surface area contributed by atoms with Gasteiger partial charge in [0.05, 0.1) is 0 Å². The molecule has 3 atom stereocenters. The van der Waals surface area contributed by atoms with E-state index in [0.717, 1.165) is 42.9 Å². The van der Waals surface area contributed by atoms with Crippen LogP contribution >= 0.6 is 11.8 Å². The Kier molecular flexibility index (Phi) is 12.6.